The number of aromatic nitrogens is 9. The van der Waals surface area contributed by atoms with E-state index in [1.165, 1.54) is 0 Å². The molecule has 194 valence electrons. The fourth-order valence-corrected chi connectivity index (χ4v) is 4.63. The second-order valence-electron chi connectivity index (χ2n) is 9.25. The maximum Gasteiger partial charge on any atom is 0.203 e. The summed E-state index contributed by atoms with van der Waals surface area (Å²) in [6.07, 6.45) is 5.59. The molecule has 10 nitrogen and oxygen atoms in total. The molecule has 10 heteroatoms. The quantitative estimate of drug-likeness (QED) is 0.274. The number of nitrogens with zero attached hydrogens (tertiary/aromatic N) is 9. The van der Waals surface area contributed by atoms with E-state index in [0.29, 0.717) is 36.7 Å². The predicted molar refractivity (Wildman–Crippen MR) is 144 cm³/mol. The second-order valence-corrected chi connectivity index (χ2v) is 9.25. The van der Waals surface area contributed by atoms with Crippen molar-refractivity contribution in [3.05, 3.63) is 143 Å². The molecule has 3 aromatic heterocycles. The van der Waals surface area contributed by atoms with E-state index in [9.17, 15) is 0 Å². The minimum Gasteiger partial charge on any atom is -0.359 e. The van der Waals surface area contributed by atoms with Crippen LogP contribution in [0.4, 0.5) is 0 Å². The Kier molecular flexibility index (Phi) is 6.75. The van der Waals surface area contributed by atoms with E-state index in [-0.39, 0.29) is 0 Å². The first-order chi connectivity index (χ1) is 19.2. The summed E-state index contributed by atoms with van der Waals surface area (Å²) in [6.45, 7) is 1.69. The highest BCUT2D eigenvalue weighted by Gasteiger charge is 2.45. The minimum absolute atomic E-state index is 0.541. The van der Waals surface area contributed by atoms with Crippen molar-refractivity contribution in [3.8, 4) is 0 Å². The van der Waals surface area contributed by atoms with Gasteiger partial charge in [0.2, 0.25) is 5.60 Å². The molecule has 3 heterocycles. The molecule has 0 unspecified atom stereocenters. The first-order valence-electron chi connectivity index (χ1n) is 12.6. The van der Waals surface area contributed by atoms with Crippen molar-refractivity contribution in [3.63, 3.8) is 0 Å². The summed E-state index contributed by atoms with van der Waals surface area (Å²) in [5.41, 5.74) is 3.69. The van der Waals surface area contributed by atoms with Crippen molar-refractivity contribution in [2.24, 2.45) is 0 Å². The fraction of sp³-hybridized carbons (Fsp3) is 0.172. The highest BCUT2D eigenvalue weighted by molar-refractivity contribution is 5.36. The molecular formula is C29H27N9O. The third-order valence-corrected chi connectivity index (χ3v) is 6.57. The van der Waals surface area contributed by atoms with Gasteiger partial charge in [-0.1, -0.05) is 107 Å². The Labute approximate surface area is 225 Å². The molecule has 0 bridgehead atoms. The number of hydrogen-bond donors (Lipinski definition) is 0. The van der Waals surface area contributed by atoms with Crippen molar-refractivity contribution in [1.29, 1.82) is 0 Å². The van der Waals surface area contributed by atoms with Gasteiger partial charge in [0, 0.05) is 7.11 Å². The van der Waals surface area contributed by atoms with Crippen LogP contribution in [0.5, 0.6) is 0 Å². The Morgan fingerprint density at radius 2 is 0.821 bits per heavy atom. The van der Waals surface area contributed by atoms with Crippen LogP contribution in [-0.4, -0.2) is 52.1 Å². The monoisotopic (exact) mass is 517 g/mol. The summed E-state index contributed by atoms with van der Waals surface area (Å²) in [5.74, 6) is 0. The van der Waals surface area contributed by atoms with Crippen LogP contribution in [0.3, 0.4) is 0 Å². The molecule has 0 radical (unpaired) electrons. The van der Waals surface area contributed by atoms with Crippen LogP contribution in [0.1, 0.15) is 33.8 Å². The third kappa shape index (κ3) is 5.10. The lowest BCUT2D eigenvalue weighted by Crippen LogP contribution is -2.33. The Morgan fingerprint density at radius 1 is 0.513 bits per heavy atom. The van der Waals surface area contributed by atoms with Gasteiger partial charge in [0.1, 0.15) is 17.1 Å². The first kappa shape index (κ1) is 24.4. The average molecular weight is 518 g/mol. The topological polar surface area (TPSA) is 101 Å². The van der Waals surface area contributed by atoms with Crippen LogP contribution in [-0.2, 0) is 30.0 Å². The molecular weight excluding hydrogens is 490 g/mol. The van der Waals surface area contributed by atoms with Gasteiger partial charge in [-0.15, -0.1) is 15.3 Å². The molecule has 6 rings (SSSR count). The van der Waals surface area contributed by atoms with Gasteiger partial charge in [-0.2, -0.15) is 0 Å². The molecule has 0 atom stereocenters. The lowest BCUT2D eigenvalue weighted by atomic mass is 9.92. The number of hydrogen-bond acceptors (Lipinski definition) is 7. The number of rotatable bonds is 10. The minimum atomic E-state index is -1.27. The second kappa shape index (κ2) is 10.8. The molecule has 0 saturated carbocycles. The van der Waals surface area contributed by atoms with Crippen LogP contribution in [0.15, 0.2) is 110 Å². The highest BCUT2D eigenvalue weighted by atomic mass is 16.5. The molecule has 39 heavy (non-hydrogen) atoms. The van der Waals surface area contributed by atoms with Gasteiger partial charge in [-0.25, -0.2) is 14.0 Å². The lowest BCUT2D eigenvalue weighted by Gasteiger charge is -2.25. The zero-order chi connectivity index (χ0) is 26.5. The van der Waals surface area contributed by atoms with E-state index in [1.54, 1.807) is 21.2 Å². The third-order valence-electron chi connectivity index (χ3n) is 6.57. The van der Waals surface area contributed by atoms with Gasteiger partial charge in [-0.05, 0) is 16.7 Å². The lowest BCUT2D eigenvalue weighted by molar-refractivity contribution is 0.0471. The molecule has 6 aromatic rings. The van der Waals surface area contributed by atoms with E-state index >= 15 is 0 Å². The summed E-state index contributed by atoms with van der Waals surface area (Å²) in [4.78, 5) is 0. The van der Waals surface area contributed by atoms with Gasteiger partial charge >= 0.3 is 0 Å². The van der Waals surface area contributed by atoms with Crippen LogP contribution in [0, 0.1) is 0 Å². The zero-order valence-electron chi connectivity index (χ0n) is 21.4. The summed E-state index contributed by atoms with van der Waals surface area (Å²) in [6, 6.07) is 30.3. The first-order valence-corrected chi connectivity index (χ1v) is 12.6. The van der Waals surface area contributed by atoms with E-state index in [2.05, 4.69) is 67.3 Å². The van der Waals surface area contributed by atoms with Crippen LogP contribution < -0.4 is 0 Å². The molecule has 3 aromatic carbocycles. The summed E-state index contributed by atoms with van der Waals surface area (Å²) in [5, 5.41) is 26.8. The van der Waals surface area contributed by atoms with E-state index in [0.717, 1.165) is 16.7 Å². The molecule has 0 N–H and O–H groups in total. The SMILES string of the molecule is COC(c1cn(Cc2ccccc2)nn1)(c1cn(Cc2ccccc2)nn1)c1cn(Cc2ccccc2)nn1. The maximum absolute atomic E-state index is 6.24. The van der Waals surface area contributed by atoms with Crippen molar-refractivity contribution in [1.82, 2.24) is 45.0 Å². The Balaban J connectivity index is 1.39. The summed E-state index contributed by atoms with van der Waals surface area (Å²) in [7, 11) is 1.61. The Bertz CT molecular complexity index is 1430. The Hall–Kier alpha value is -4.96. The van der Waals surface area contributed by atoms with Gasteiger partial charge in [0.25, 0.3) is 0 Å². The normalized spacial score (nSPS) is 11.6. The molecule has 0 amide bonds. The van der Waals surface area contributed by atoms with E-state index in [1.807, 2.05) is 73.2 Å². The molecule has 0 aliphatic rings. The molecule has 0 fully saturated rings. The standard InChI is InChI=1S/C29H27N9O/c1-39-29(26-20-36(33-30-26)17-23-11-5-2-6-12-23,27-21-37(34-31-27)18-24-13-7-3-8-14-24)28-22-38(35-32-28)19-25-15-9-4-10-16-25/h2-16,20-22H,17-19H2,1H3. The summed E-state index contributed by atoms with van der Waals surface area (Å²) < 4.78 is 11.6. The fourth-order valence-electron chi connectivity index (χ4n) is 4.63. The number of ether oxygens (including phenoxy) is 1. The maximum atomic E-state index is 6.24. The highest BCUT2D eigenvalue weighted by Crippen LogP contribution is 2.36. The predicted octanol–water partition coefficient (Wildman–Crippen LogP) is 3.54. The van der Waals surface area contributed by atoms with Gasteiger partial charge in [0.05, 0.1) is 38.2 Å². The van der Waals surface area contributed by atoms with Gasteiger partial charge < -0.3 is 4.74 Å². The summed E-state index contributed by atoms with van der Waals surface area (Å²) >= 11 is 0. The van der Waals surface area contributed by atoms with Crippen molar-refractivity contribution < 1.29 is 4.74 Å². The van der Waals surface area contributed by atoms with Crippen molar-refractivity contribution in [2.45, 2.75) is 25.2 Å². The Morgan fingerprint density at radius 3 is 1.10 bits per heavy atom. The van der Waals surface area contributed by atoms with Gasteiger partial charge in [0.15, 0.2) is 0 Å². The smallest absolute Gasteiger partial charge is 0.203 e. The molecule has 0 aliphatic carbocycles. The van der Waals surface area contributed by atoms with Gasteiger partial charge in [-0.3, -0.25) is 0 Å². The largest absolute Gasteiger partial charge is 0.359 e. The van der Waals surface area contributed by atoms with E-state index in [4.69, 9.17) is 4.74 Å². The number of methoxy groups -OCH3 is 1. The van der Waals surface area contributed by atoms with Crippen LogP contribution in [0.25, 0.3) is 0 Å². The van der Waals surface area contributed by atoms with Crippen LogP contribution in [0.2, 0.25) is 0 Å². The van der Waals surface area contributed by atoms with Crippen molar-refractivity contribution in [2.75, 3.05) is 7.11 Å². The zero-order valence-corrected chi connectivity index (χ0v) is 21.4. The van der Waals surface area contributed by atoms with E-state index < -0.39 is 5.60 Å². The molecule has 0 aliphatic heterocycles. The van der Waals surface area contributed by atoms with Crippen LogP contribution >= 0.6 is 0 Å². The average Bonchev–Trinajstić information content (AvgIpc) is 3.75. The molecule has 0 spiro atoms. The van der Waals surface area contributed by atoms with Crippen molar-refractivity contribution >= 4 is 0 Å². The number of benzene rings is 3. The molecule has 0 saturated heterocycles.